The molecule has 2 heterocycles. The first kappa shape index (κ1) is 16.3. The van der Waals surface area contributed by atoms with Gasteiger partial charge in [-0.25, -0.2) is 4.79 Å². The van der Waals surface area contributed by atoms with E-state index in [1.165, 1.54) is 11.3 Å². The summed E-state index contributed by atoms with van der Waals surface area (Å²) < 4.78 is 16.7. The molecule has 126 valence electrons. The Kier molecular flexibility index (Phi) is 4.97. The monoisotopic (exact) mass is 348 g/mol. The number of methoxy groups -OCH3 is 1. The lowest BCUT2D eigenvalue weighted by atomic mass is 10.3. The Bertz CT molecular complexity index is 823. The van der Waals surface area contributed by atoms with E-state index in [9.17, 15) is 9.90 Å². The highest BCUT2D eigenvalue weighted by molar-refractivity contribution is 7.13. The normalized spacial score (nSPS) is 12.1. The third-order valence-electron chi connectivity index (χ3n) is 3.22. The van der Waals surface area contributed by atoms with Crippen LogP contribution in [0, 0.1) is 0 Å². The predicted octanol–water partition coefficient (Wildman–Crippen LogP) is 2.01. The summed E-state index contributed by atoms with van der Waals surface area (Å²) in [4.78, 5) is 12.5. The summed E-state index contributed by atoms with van der Waals surface area (Å²) in [6.45, 7) is 0.0177. The van der Waals surface area contributed by atoms with Crippen molar-refractivity contribution in [2.75, 3.05) is 13.7 Å². The molecule has 0 aliphatic carbocycles. The fraction of sp³-hybridized carbons (Fsp3) is 0.250. The molecule has 3 rings (SSSR count). The molecule has 2 aromatic heterocycles. The molecule has 0 aliphatic rings. The van der Waals surface area contributed by atoms with Gasteiger partial charge in [0.1, 0.15) is 24.2 Å². The molecule has 0 saturated carbocycles. The van der Waals surface area contributed by atoms with Crippen molar-refractivity contribution in [1.82, 2.24) is 9.78 Å². The standard InChI is InChI=1S/C16H16N2O5S/c1-21-12-4-6-13(7-5-12)22-10-11(19)9-18-16(20)23-15(17-18)14-3-2-8-24-14/h2-8,11,19H,9-10H2,1H3. The van der Waals surface area contributed by atoms with Crippen molar-refractivity contribution in [2.45, 2.75) is 12.6 Å². The average molecular weight is 348 g/mol. The maximum Gasteiger partial charge on any atom is 0.437 e. The highest BCUT2D eigenvalue weighted by atomic mass is 32.1. The van der Waals surface area contributed by atoms with Crippen LogP contribution in [0.4, 0.5) is 0 Å². The van der Waals surface area contributed by atoms with E-state index in [4.69, 9.17) is 13.9 Å². The molecule has 3 aromatic rings. The van der Waals surface area contributed by atoms with Gasteiger partial charge < -0.3 is 19.0 Å². The summed E-state index contributed by atoms with van der Waals surface area (Å²) in [5.41, 5.74) is 0. The number of hydrogen-bond donors (Lipinski definition) is 1. The molecule has 1 atom stereocenters. The molecule has 0 aliphatic heterocycles. The van der Waals surface area contributed by atoms with Crippen molar-refractivity contribution >= 4 is 11.3 Å². The van der Waals surface area contributed by atoms with Crippen LogP contribution >= 0.6 is 11.3 Å². The summed E-state index contributed by atoms with van der Waals surface area (Å²) in [5, 5.41) is 16.0. The van der Waals surface area contributed by atoms with Crippen LogP contribution in [0.2, 0.25) is 0 Å². The number of ether oxygens (including phenoxy) is 2. The lowest BCUT2D eigenvalue weighted by Gasteiger charge is -2.11. The Morgan fingerprint density at radius 2 is 2.04 bits per heavy atom. The number of benzene rings is 1. The van der Waals surface area contributed by atoms with Crippen LogP contribution in [-0.2, 0) is 6.54 Å². The van der Waals surface area contributed by atoms with Crippen LogP contribution in [0.25, 0.3) is 10.8 Å². The summed E-state index contributed by atoms with van der Waals surface area (Å²) in [6.07, 6.45) is -0.897. The molecule has 0 bridgehead atoms. The Balaban J connectivity index is 1.58. The van der Waals surface area contributed by atoms with Crippen LogP contribution in [0.3, 0.4) is 0 Å². The van der Waals surface area contributed by atoms with Gasteiger partial charge in [0, 0.05) is 0 Å². The number of aliphatic hydroxyl groups is 1. The second kappa shape index (κ2) is 7.33. The van der Waals surface area contributed by atoms with Gasteiger partial charge in [0.05, 0.1) is 18.5 Å². The Morgan fingerprint density at radius 3 is 2.71 bits per heavy atom. The van der Waals surface area contributed by atoms with Gasteiger partial charge in [-0.05, 0) is 35.7 Å². The van der Waals surface area contributed by atoms with Crippen molar-refractivity contribution in [3.63, 3.8) is 0 Å². The zero-order chi connectivity index (χ0) is 16.9. The maximum atomic E-state index is 11.8. The van der Waals surface area contributed by atoms with E-state index in [0.29, 0.717) is 5.75 Å². The third-order valence-corrected chi connectivity index (χ3v) is 4.08. The van der Waals surface area contributed by atoms with Gasteiger partial charge in [-0.15, -0.1) is 16.4 Å². The van der Waals surface area contributed by atoms with E-state index in [1.807, 2.05) is 17.5 Å². The number of hydrogen-bond acceptors (Lipinski definition) is 7. The second-order valence-electron chi connectivity index (χ2n) is 4.97. The fourth-order valence-corrected chi connectivity index (χ4v) is 2.68. The minimum atomic E-state index is -0.897. The SMILES string of the molecule is COc1ccc(OCC(O)Cn2nc(-c3cccs3)oc2=O)cc1. The van der Waals surface area contributed by atoms with Crippen molar-refractivity contribution in [3.05, 3.63) is 52.3 Å². The summed E-state index contributed by atoms with van der Waals surface area (Å²) in [6, 6.07) is 10.7. The number of nitrogens with zero attached hydrogens (tertiary/aromatic N) is 2. The molecular weight excluding hydrogens is 332 g/mol. The quantitative estimate of drug-likeness (QED) is 0.703. The Morgan fingerprint density at radius 1 is 1.29 bits per heavy atom. The zero-order valence-electron chi connectivity index (χ0n) is 12.9. The first-order chi connectivity index (χ1) is 11.7. The number of aliphatic hydroxyl groups excluding tert-OH is 1. The molecule has 0 fully saturated rings. The van der Waals surface area contributed by atoms with E-state index in [-0.39, 0.29) is 19.0 Å². The smallest absolute Gasteiger partial charge is 0.437 e. The summed E-state index contributed by atoms with van der Waals surface area (Å²) in [5.74, 6) is 0.958. The first-order valence-corrected chi connectivity index (χ1v) is 8.10. The number of thiophene rings is 1. The van der Waals surface area contributed by atoms with Gasteiger partial charge in [-0.2, -0.15) is 4.68 Å². The lowest BCUT2D eigenvalue weighted by molar-refractivity contribution is 0.0875. The van der Waals surface area contributed by atoms with Gasteiger partial charge in [0.15, 0.2) is 0 Å². The van der Waals surface area contributed by atoms with Crippen LogP contribution < -0.4 is 15.2 Å². The molecule has 0 saturated heterocycles. The van der Waals surface area contributed by atoms with Crippen LogP contribution in [0.1, 0.15) is 0 Å². The molecule has 1 aromatic carbocycles. The molecule has 0 amide bonds. The van der Waals surface area contributed by atoms with E-state index < -0.39 is 11.9 Å². The summed E-state index contributed by atoms with van der Waals surface area (Å²) >= 11 is 1.42. The molecule has 1 N–H and O–H groups in total. The van der Waals surface area contributed by atoms with E-state index in [2.05, 4.69) is 5.10 Å². The lowest BCUT2D eigenvalue weighted by Crippen LogP contribution is -2.29. The Labute approximate surface area is 141 Å². The Hall–Kier alpha value is -2.58. The van der Waals surface area contributed by atoms with Crippen molar-refractivity contribution in [3.8, 4) is 22.3 Å². The van der Waals surface area contributed by atoms with Gasteiger partial charge in [0.2, 0.25) is 0 Å². The number of rotatable bonds is 7. The molecule has 7 nitrogen and oxygen atoms in total. The highest BCUT2D eigenvalue weighted by Gasteiger charge is 2.15. The van der Waals surface area contributed by atoms with Gasteiger partial charge in [-0.3, -0.25) is 0 Å². The molecule has 24 heavy (non-hydrogen) atoms. The van der Waals surface area contributed by atoms with E-state index in [1.54, 1.807) is 31.4 Å². The maximum absolute atomic E-state index is 11.8. The zero-order valence-corrected chi connectivity index (χ0v) is 13.7. The van der Waals surface area contributed by atoms with Gasteiger partial charge in [-0.1, -0.05) is 6.07 Å². The molecule has 0 spiro atoms. The van der Waals surface area contributed by atoms with Gasteiger partial charge >= 0.3 is 5.76 Å². The fourth-order valence-electron chi connectivity index (χ4n) is 2.04. The van der Waals surface area contributed by atoms with Crippen LogP contribution in [0.15, 0.2) is 51.0 Å². The second-order valence-corrected chi connectivity index (χ2v) is 5.92. The minimum Gasteiger partial charge on any atom is -0.497 e. The topological polar surface area (TPSA) is 86.7 Å². The minimum absolute atomic E-state index is 0.0101. The van der Waals surface area contributed by atoms with Crippen LogP contribution in [-0.4, -0.2) is 34.7 Å². The summed E-state index contributed by atoms with van der Waals surface area (Å²) in [7, 11) is 1.58. The highest BCUT2D eigenvalue weighted by Crippen LogP contribution is 2.21. The predicted molar refractivity (Wildman–Crippen MR) is 88.6 cm³/mol. The van der Waals surface area contributed by atoms with Crippen LogP contribution in [0.5, 0.6) is 11.5 Å². The largest absolute Gasteiger partial charge is 0.497 e. The van der Waals surface area contributed by atoms with Gasteiger partial charge in [0.25, 0.3) is 5.89 Å². The third kappa shape index (κ3) is 3.84. The average Bonchev–Trinajstić information content (AvgIpc) is 3.24. The van der Waals surface area contributed by atoms with E-state index in [0.717, 1.165) is 15.3 Å². The van der Waals surface area contributed by atoms with Crippen molar-refractivity contribution in [1.29, 1.82) is 0 Å². The van der Waals surface area contributed by atoms with E-state index >= 15 is 0 Å². The molecular formula is C16H16N2O5S. The van der Waals surface area contributed by atoms with Crippen molar-refractivity contribution in [2.24, 2.45) is 0 Å². The first-order valence-electron chi connectivity index (χ1n) is 7.22. The van der Waals surface area contributed by atoms with Crippen molar-refractivity contribution < 1.29 is 19.0 Å². The molecule has 8 heteroatoms. The molecule has 0 radical (unpaired) electrons. The number of aromatic nitrogens is 2. The molecule has 1 unspecified atom stereocenters.